The van der Waals surface area contributed by atoms with Gasteiger partial charge in [0, 0.05) is 41.8 Å². The van der Waals surface area contributed by atoms with Gasteiger partial charge < -0.3 is 26.0 Å². The second kappa shape index (κ2) is 10.9. The summed E-state index contributed by atoms with van der Waals surface area (Å²) in [6.07, 6.45) is 6.42. The number of anilines is 2. The standard InChI is InChI=1S/C30H33N7O2/c31-28-24-5-1-2-6-25(24)34-27(35-28)19-39-26-17-22(18-33-29(26)32)20-7-9-21(10-8-20)30(38)37-15-11-23(12-16-37)36-13-3-4-14-36/h1-2,5-10,17-18,23H,3-4,11-16,19H2,(H2,32,33)(H2,31,34,35). The van der Waals surface area contributed by atoms with Crippen molar-refractivity contribution in [2.45, 2.75) is 38.3 Å². The molecule has 0 radical (unpaired) electrons. The summed E-state index contributed by atoms with van der Waals surface area (Å²) in [4.78, 5) is 30.9. The average molecular weight is 524 g/mol. The number of hydrogen-bond donors (Lipinski definition) is 2. The van der Waals surface area contributed by atoms with Crippen LogP contribution in [-0.4, -0.2) is 62.9 Å². The number of carbonyl (C=O) groups excluding carboxylic acids is 1. The van der Waals surface area contributed by atoms with Crippen LogP contribution < -0.4 is 16.2 Å². The molecule has 2 aliphatic rings. The summed E-state index contributed by atoms with van der Waals surface area (Å²) in [5.41, 5.74) is 15.4. The van der Waals surface area contributed by atoms with Gasteiger partial charge >= 0.3 is 0 Å². The Bertz CT molecular complexity index is 1480. The molecule has 0 atom stereocenters. The number of rotatable bonds is 6. The van der Waals surface area contributed by atoms with E-state index in [-0.39, 0.29) is 18.3 Å². The van der Waals surface area contributed by atoms with Crippen LogP contribution in [0.1, 0.15) is 41.9 Å². The van der Waals surface area contributed by atoms with E-state index in [2.05, 4.69) is 19.9 Å². The maximum atomic E-state index is 13.1. The van der Waals surface area contributed by atoms with Crippen LogP contribution in [0.5, 0.6) is 5.75 Å². The quantitative estimate of drug-likeness (QED) is 0.387. The number of likely N-dealkylation sites (tertiary alicyclic amines) is 2. The van der Waals surface area contributed by atoms with E-state index in [0.29, 0.717) is 29.0 Å². The predicted molar refractivity (Wildman–Crippen MR) is 152 cm³/mol. The summed E-state index contributed by atoms with van der Waals surface area (Å²) in [5, 5.41) is 0.804. The number of amides is 1. The number of nitrogen functional groups attached to an aromatic ring is 2. The molecule has 2 aliphatic heterocycles. The second-order valence-electron chi connectivity index (χ2n) is 10.3. The summed E-state index contributed by atoms with van der Waals surface area (Å²) in [7, 11) is 0. The monoisotopic (exact) mass is 523 g/mol. The van der Waals surface area contributed by atoms with Crippen LogP contribution in [0.2, 0.25) is 0 Å². The third-order valence-corrected chi connectivity index (χ3v) is 7.79. The van der Waals surface area contributed by atoms with E-state index < -0.39 is 0 Å². The van der Waals surface area contributed by atoms with E-state index >= 15 is 0 Å². The van der Waals surface area contributed by atoms with Gasteiger partial charge in [0.25, 0.3) is 5.91 Å². The molecule has 2 saturated heterocycles. The van der Waals surface area contributed by atoms with E-state index in [1.54, 1.807) is 6.20 Å². The fraction of sp³-hybridized carbons (Fsp3) is 0.333. The van der Waals surface area contributed by atoms with Crippen molar-refractivity contribution in [3.63, 3.8) is 0 Å². The first-order valence-corrected chi connectivity index (χ1v) is 13.6. The number of para-hydroxylation sites is 1. The third-order valence-electron chi connectivity index (χ3n) is 7.79. The molecule has 200 valence electrons. The molecule has 4 N–H and O–H groups in total. The fourth-order valence-corrected chi connectivity index (χ4v) is 5.62. The molecule has 9 nitrogen and oxygen atoms in total. The van der Waals surface area contributed by atoms with Crippen molar-refractivity contribution in [1.82, 2.24) is 24.8 Å². The Hall–Kier alpha value is -4.24. The largest absolute Gasteiger partial charge is 0.482 e. The minimum Gasteiger partial charge on any atom is -0.482 e. The van der Waals surface area contributed by atoms with E-state index in [4.69, 9.17) is 16.2 Å². The molecule has 4 heterocycles. The summed E-state index contributed by atoms with van der Waals surface area (Å²) in [6, 6.07) is 17.7. The number of aromatic nitrogens is 3. The Kier molecular flexibility index (Phi) is 6.98. The molecule has 39 heavy (non-hydrogen) atoms. The van der Waals surface area contributed by atoms with Crippen molar-refractivity contribution in [2.24, 2.45) is 0 Å². The van der Waals surface area contributed by atoms with E-state index in [0.717, 1.165) is 48.0 Å². The second-order valence-corrected chi connectivity index (χ2v) is 10.3. The van der Waals surface area contributed by atoms with Crippen molar-refractivity contribution in [3.8, 4) is 16.9 Å². The zero-order valence-corrected chi connectivity index (χ0v) is 21.9. The molecule has 2 fully saturated rings. The molecule has 0 bridgehead atoms. The highest BCUT2D eigenvalue weighted by atomic mass is 16.5. The molecule has 0 unspecified atom stereocenters. The lowest BCUT2D eigenvalue weighted by Crippen LogP contribution is -2.45. The molecule has 0 spiro atoms. The molecule has 9 heteroatoms. The maximum absolute atomic E-state index is 13.1. The lowest BCUT2D eigenvalue weighted by Gasteiger charge is -2.36. The number of pyridine rings is 1. The SMILES string of the molecule is Nc1ncc(-c2ccc(C(=O)N3CCC(N4CCCC4)CC3)cc2)cc1OCc1nc(N)c2ccccc2n1. The van der Waals surface area contributed by atoms with Gasteiger partial charge in [0.1, 0.15) is 12.4 Å². The van der Waals surface area contributed by atoms with Gasteiger partial charge in [0.2, 0.25) is 0 Å². The number of nitrogens with two attached hydrogens (primary N) is 2. The number of ether oxygens (including phenoxy) is 1. The minimum atomic E-state index is 0.0931. The van der Waals surface area contributed by atoms with Crippen LogP contribution in [-0.2, 0) is 6.61 Å². The highest BCUT2D eigenvalue weighted by molar-refractivity contribution is 5.94. The minimum absolute atomic E-state index is 0.0931. The van der Waals surface area contributed by atoms with Gasteiger partial charge in [-0.05, 0) is 74.7 Å². The van der Waals surface area contributed by atoms with E-state index in [9.17, 15) is 4.79 Å². The number of hydrogen-bond acceptors (Lipinski definition) is 8. The van der Waals surface area contributed by atoms with Gasteiger partial charge in [0.05, 0.1) is 5.52 Å². The Balaban J connectivity index is 1.11. The van der Waals surface area contributed by atoms with E-state index in [1.165, 1.54) is 25.9 Å². The van der Waals surface area contributed by atoms with E-state index in [1.807, 2.05) is 59.5 Å². The fourth-order valence-electron chi connectivity index (χ4n) is 5.62. The van der Waals surface area contributed by atoms with Crippen molar-refractivity contribution >= 4 is 28.4 Å². The molecule has 0 aliphatic carbocycles. The van der Waals surface area contributed by atoms with Gasteiger partial charge in [0.15, 0.2) is 17.4 Å². The zero-order valence-electron chi connectivity index (χ0n) is 21.9. The third kappa shape index (κ3) is 5.35. The van der Waals surface area contributed by atoms with Gasteiger partial charge in [-0.15, -0.1) is 0 Å². The first-order chi connectivity index (χ1) is 19.0. The van der Waals surface area contributed by atoms with Crippen molar-refractivity contribution in [3.05, 3.63) is 72.2 Å². The number of carbonyl (C=O) groups is 1. The normalized spacial score (nSPS) is 16.6. The maximum Gasteiger partial charge on any atom is 0.253 e. The molecule has 1 amide bonds. The first kappa shape index (κ1) is 25.1. The van der Waals surface area contributed by atoms with Crippen LogP contribution in [0, 0.1) is 0 Å². The summed E-state index contributed by atoms with van der Waals surface area (Å²) in [5.74, 6) is 1.67. The van der Waals surface area contributed by atoms with Gasteiger partial charge in [-0.2, -0.15) is 0 Å². The van der Waals surface area contributed by atoms with Crippen molar-refractivity contribution in [2.75, 3.05) is 37.6 Å². The van der Waals surface area contributed by atoms with Crippen LogP contribution in [0.4, 0.5) is 11.6 Å². The van der Waals surface area contributed by atoms with Gasteiger partial charge in [-0.25, -0.2) is 15.0 Å². The predicted octanol–water partition coefficient (Wildman–Crippen LogP) is 4.14. The average Bonchev–Trinajstić information content (AvgIpc) is 3.52. The molecule has 0 saturated carbocycles. The van der Waals surface area contributed by atoms with Crippen molar-refractivity contribution in [1.29, 1.82) is 0 Å². The Morgan fingerprint density at radius 1 is 0.897 bits per heavy atom. The highest BCUT2D eigenvalue weighted by Crippen LogP contribution is 2.29. The Labute approximate surface area is 227 Å². The number of fused-ring (bicyclic) bond motifs is 1. The number of benzene rings is 2. The summed E-state index contributed by atoms with van der Waals surface area (Å²) in [6.45, 7) is 4.15. The van der Waals surface area contributed by atoms with Crippen LogP contribution in [0.3, 0.4) is 0 Å². The highest BCUT2D eigenvalue weighted by Gasteiger charge is 2.28. The Morgan fingerprint density at radius 3 is 2.41 bits per heavy atom. The summed E-state index contributed by atoms with van der Waals surface area (Å²) >= 11 is 0. The number of nitrogens with zero attached hydrogens (tertiary/aromatic N) is 5. The Morgan fingerprint density at radius 2 is 1.64 bits per heavy atom. The van der Waals surface area contributed by atoms with Crippen molar-refractivity contribution < 1.29 is 9.53 Å². The molecule has 4 aromatic rings. The topological polar surface area (TPSA) is 123 Å². The van der Waals surface area contributed by atoms with Gasteiger partial charge in [-0.1, -0.05) is 24.3 Å². The van der Waals surface area contributed by atoms with Gasteiger partial charge in [-0.3, -0.25) is 4.79 Å². The zero-order chi connectivity index (χ0) is 26.8. The molecule has 2 aromatic carbocycles. The van der Waals surface area contributed by atoms with Crippen LogP contribution >= 0.6 is 0 Å². The number of piperidine rings is 1. The lowest BCUT2D eigenvalue weighted by atomic mass is 10.0. The lowest BCUT2D eigenvalue weighted by molar-refractivity contribution is 0.0644. The molecule has 2 aromatic heterocycles. The smallest absolute Gasteiger partial charge is 0.253 e. The van der Waals surface area contributed by atoms with Crippen LogP contribution in [0.15, 0.2) is 60.8 Å². The molecular weight excluding hydrogens is 490 g/mol. The first-order valence-electron chi connectivity index (χ1n) is 13.6. The molecule has 6 rings (SSSR count). The summed E-state index contributed by atoms with van der Waals surface area (Å²) < 4.78 is 5.94. The molecular formula is C30H33N7O2. The van der Waals surface area contributed by atoms with Crippen LogP contribution in [0.25, 0.3) is 22.0 Å².